The number of sulfone groups is 1. The lowest BCUT2D eigenvalue weighted by molar-refractivity contribution is -0.0701. The lowest BCUT2D eigenvalue weighted by atomic mass is 9.70. The van der Waals surface area contributed by atoms with Gasteiger partial charge in [-0.15, -0.1) is 0 Å². The molecular weight excluding hydrogens is 541 g/mol. The molecule has 1 aromatic heterocycles. The first-order chi connectivity index (χ1) is 17.9. The van der Waals surface area contributed by atoms with E-state index in [9.17, 15) is 31.5 Å². The predicted molar refractivity (Wildman–Crippen MR) is 135 cm³/mol. The minimum Gasteiger partial charge on any atom is -0.385 e. The third-order valence-electron chi connectivity index (χ3n) is 7.90. The van der Waals surface area contributed by atoms with E-state index in [2.05, 4.69) is 10.3 Å². The van der Waals surface area contributed by atoms with E-state index in [-0.39, 0.29) is 51.8 Å². The number of carbonyl (C=O) groups is 1. The quantitative estimate of drug-likeness (QED) is 0.399. The third kappa shape index (κ3) is 4.38. The molecule has 0 aliphatic heterocycles. The highest BCUT2D eigenvalue weighted by Gasteiger charge is 2.59. The molecule has 2 aromatic carbocycles. The number of amides is 1. The monoisotopic (exact) mass is 564 g/mol. The summed E-state index contributed by atoms with van der Waals surface area (Å²) in [7, 11) is -4.03. The lowest BCUT2D eigenvalue weighted by Crippen LogP contribution is -2.46. The van der Waals surface area contributed by atoms with Gasteiger partial charge in [-0.1, -0.05) is 24.6 Å². The second-order valence-electron chi connectivity index (χ2n) is 10.1. The summed E-state index contributed by atoms with van der Waals surface area (Å²) in [5.41, 5.74) is -0.971. The van der Waals surface area contributed by atoms with E-state index in [4.69, 9.17) is 11.6 Å². The fourth-order valence-electron chi connectivity index (χ4n) is 6.09. The smallest absolute Gasteiger partial charge is 0.255 e. The zero-order valence-electron chi connectivity index (χ0n) is 20.2. The molecule has 3 aromatic rings. The number of carbonyl (C=O) groups excluding carboxylic acids is 1. The first-order valence-corrected chi connectivity index (χ1v) is 14.0. The summed E-state index contributed by atoms with van der Waals surface area (Å²) >= 11 is 6.28. The Hall–Kier alpha value is -2.95. The average molecular weight is 565 g/mol. The van der Waals surface area contributed by atoms with E-state index in [0.29, 0.717) is 24.1 Å². The molecule has 5 atom stereocenters. The van der Waals surface area contributed by atoms with Crippen LogP contribution in [0.3, 0.4) is 0 Å². The van der Waals surface area contributed by atoms with Crippen molar-refractivity contribution in [1.82, 2.24) is 4.98 Å². The fourth-order valence-corrected chi connectivity index (χ4v) is 8.47. The van der Waals surface area contributed by atoms with Crippen LogP contribution in [-0.4, -0.2) is 29.7 Å². The van der Waals surface area contributed by atoms with Gasteiger partial charge in [0.05, 0.1) is 20.8 Å². The highest BCUT2D eigenvalue weighted by Crippen LogP contribution is 2.59. The number of aromatic nitrogens is 1. The van der Waals surface area contributed by atoms with Crippen LogP contribution in [0, 0.1) is 35.2 Å². The summed E-state index contributed by atoms with van der Waals surface area (Å²) in [6, 6.07) is 8.44. The summed E-state index contributed by atoms with van der Waals surface area (Å²) in [6.07, 6.45) is 4.29. The maximum absolute atomic E-state index is 13.8. The SMILES string of the molecule is C[C@H]1CC2C[C@@H](S(=O)(=O)c3cc(C(=O)Nc4cc(F)c(F)c(F)c4)ccc3Cl)CC1[C@@]2(O)c1cccnc1. The van der Waals surface area contributed by atoms with Crippen LogP contribution >= 0.6 is 11.6 Å². The van der Waals surface area contributed by atoms with Crippen LogP contribution in [0.1, 0.15) is 42.1 Å². The minimum absolute atomic E-state index is 0.0751. The van der Waals surface area contributed by atoms with E-state index in [0.717, 1.165) is 6.07 Å². The number of nitrogens with zero attached hydrogens (tertiary/aromatic N) is 1. The van der Waals surface area contributed by atoms with Gasteiger partial charge >= 0.3 is 0 Å². The molecule has 38 heavy (non-hydrogen) atoms. The van der Waals surface area contributed by atoms with E-state index < -0.39 is 44.0 Å². The zero-order chi connectivity index (χ0) is 27.4. The standard InChI is InChI=1S/C27H24ClF3N2O4S/c1-14-7-17-9-19(12-20(14)27(17,35)16-3-2-6-32-13-16)38(36,37)24-8-15(4-5-21(24)28)26(34)33-18-10-22(29)25(31)23(30)11-18/h2-6,8,10-11,13-14,17,19-20,35H,7,9,12H2,1H3,(H,33,34)/t14-,17?,19+,20?,27+/m0/s1. The third-order valence-corrected chi connectivity index (χ3v) is 10.6. The number of halogens is 4. The van der Waals surface area contributed by atoms with Crippen LogP contribution in [0.15, 0.2) is 59.8 Å². The molecule has 1 heterocycles. The number of pyridine rings is 1. The van der Waals surface area contributed by atoms with Gasteiger partial charge in [-0.2, -0.15) is 0 Å². The molecule has 11 heteroatoms. The topological polar surface area (TPSA) is 96.4 Å². The van der Waals surface area contributed by atoms with Crippen LogP contribution in [-0.2, 0) is 15.4 Å². The van der Waals surface area contributed by atoms with Gasteiger partial charge in [0.15, 0.2) is 27.3 Å². The highest BCUT2D eigenvalue weighted by molar-refractivity contribution is 7.92. The summed E-state index contributed by atoms with van der Waals surface area (Å²) in [5, 5.41) is 13.1. The Morgan fingerprint density at radius 3 is 2.45 bits per heavy atom. The first kappa shape index (κ1) is 26.6. The molecule has 6 nitrogen and oxygen atoms in total. The van der Waals surface area contributed by atoms with Crippen molar-refractivity contribution in [3.05, 3.63) is 88.5 Å². The van der Waals surface area contributed by atoms with Gasteiger partial charge in [0.25, 0.3) is 5.91 Å². The Morgan fingerprint density at radius 2 is 1.82 bits per heavy atom. The van der Waals surface area contributed by atoms with Crippen LogP contribution in [0.5, 0.6) is 0 Å². The van der Waals surface area contributed by atoms with Crippen molar-refractivity contribution >= 4 is 33.0 Å². The maximum atomic E-state index is 13.8. The van der Waals surface area contributed by atoms with E-state index in [1.165, 1.54) is 12.1 Å². The van der Waals surface area contributed by atoms with Crippen LogP contribution in [0.25, 0.3) is 0 Å². The number of hydrogen-bond donors (Lipinski definition) is 2. The Balaban J connectivity index is 1.43. The molecule has 2 saturated carbocycles. The normalized spacial score (nSPS) is 26.8. The molecule has 0 radical (unpaired) electrons. The van der Waals surface area contributed by atoms with Gasteiger partial charge in [0, 0.05) is 41.3 Å². The largest absolute Gasteiger partial charge is 0.385 e. The molecule has 2 unspecified atom stereocenters. The van der Waals surface area contributed by atoms with Crippen molar-refractivity contribution in [3.63, 3.8) is 0 Å². The van der Waals surface area contributed by atoms with E-state index in [1.807, 2.05) is 6.92 Å². The number of hydrogen-bond acceptors (Lipinski definition) is 5. The van der Waals surface area contributed by atoms with Gasteiger partial charge in [-0.3, -0.25) is 9.78 Å². The van der Waals surface area contributed by atoms with Gasteiger partial charge in [0.2, 0.25) is 0 Å². The average Bonchev–Trinajstić information content (AvgIpc) is 3.00. The molecule has 1 amide bonds. The molecule has 2 aliphatic carbocycles. The van der Waals surface area contributed by atoms with Crippen molar-refractivity contribution in [2.75, 3.05) is 5.32 Å². The summed E-state index contributed by atoms with van der Waals surface area (Å²) in [6.45, 7) is 2.00. The highest BCUT2D eigenvalue weighted by atomic mass is 35.5. The van der Waals surface area contributed by atoms with Crippen LogP contribution in [0.2, 0.25) is 5.02 Å². The molecule has 5 rings (SSSR count). The van der Waals surface area contributed by atoms with Crippen molar-refractivity contribution < 1.29 is 31.5 Å². The van der Waals surface area contributed by atoms with E-state index >= 15 is 0 Å². The Bertz CT molecular complexity index is 1500. The molecular formula is C27H24ClF3N2O4S. The molecule has 2 N–H and O–H groups in total. The van der Waals surface area contributed by atoms with E-state index in [1.54, 1.807) is 24.5 Å². The second-order valence-corrected chi connectivity index (χ2v) is 12.7. The Labute approximate surface area is 222 Å². The molecule has 200 valence electrons. The maximum Gasteiger partial charge on any atom is 0.255 e. The van der Waals surface area contributed by atoms with Gasteiger partial charge in [0.1, 0.15) is 0 Å². The number of benzene rings is 2. The van der Waals surface area contributed by atoms with Crippen molar-refractivity contribution in [2.24, 2.45) is 17.8 Å². The van der Waals surface area contributed by atoms with Gasteiger partial charge < -0.3 is 10.4 Å². The Kier molecular flexibility index (Phi) is 6.77. The number of anilines is 1. The molecule has 2 aliphatic rings. The molecule has 0 saturated heterocycles. The van der Waals surface area contributed by atoms with Crippen LogP contribution < -0.4 is 5.32 Å². The number of nitrogens with one attached hydrogen (secondary N) is 1. The zero-order valence-corrected chi connectivity index (χ0v) is 21.7. The lowest BCUT2D eigenvalue weighted by Gasteiger charge is -2.43. The molecule has 0 spiro atoms. The number of fused-ring (bicyclic) bond motifs is 2. The first-order valence-electron chi connectivity index (χ1n) is 12.0. The predicted octanol–water partition coefficient (Wildman–Crippen LogP) is 5.50. The number of rotatable bonds is 5. The summed E-state index contributed by atoms with van der Waals surface area (Å²) in [4.78, 5) is 16.6. The molecule has 2 fully saturated rings. The summed E-state index contributed by atoms with van der Waals surface area (Å²) in [5.74, 6) is -6.04. The Morgan fingerprint density at radius 1 is 1.11 bits per heavy atom. The molecule has 2 bridgehead atoms. The van der Waals surface area contributed by atoms with Gasteiger partial charge in [-0.25, -0.2) is 21.6 Å². The fraction of sp³-hybridized carbons (Fsp3) is 0.333. The van der Waals surface area contributed by atoms with Gasteiger partial charge in [-0.05, 0) is 61.3 Å². The minimum atomic E-state index is -4.03. The second kappa shape index (κ2) is 9.66. The van der Waals surface area contributed by atoms with Crippen molar-refractivity contribution in [3.8, 4) is 0 Å². The van der Waals surface area contributed by atoms with Crippen molar-refractivity contribution in [1.29, 1.82) is 0 Å². The number of aliphatic hydroxyl groups is 1. The summed E-state index contributed by atoms with van der Waals surface area (Å²) < 4.78 is 67.9. The van der Waals surface area contributed by atoms with Crippen molar-refractivity contribution in [2.45, 2.75) is 41.9 Å². The van der Waals surface area contributed by atoms with Crippen LogP contribution in [0.4, 0.5) is 18.9 Å².